The van der Waals surface area contributed by atoms with Crippen LogP contribution in [0, 0.1) is 23.5 Å². The molecule has 0 N–H and O–H groups in total. The van der Waals surface area contributed by atoms with Gasteiger partial charge in [0.1, 0.15) is 40.7 Å². The molecule has 0 atom stereocenters. The molecule has 3 heterocycles. The third-order valence-electron chi connectivity index (χ3n) is 4.66. The molecule has 6 nitrogen and oxygen atoms in total. The van der Waals surface area contributed by atoms with Crippen molar-refractivity contribution in [2.45, 2.75) is 18.0 Å². The maximum absolute atomic E-state index is 13.4. The number of benzene rings is 1. The van der Waals surface area contributed by atoms with Gasteiger partial charge in [-0.1, -0.05) is 18.8 Å². The van der Waals surface area contributed by atoms with E-state index in [4.69, 9.17) is 0 Å². The van der Waals surface area contributed by atoms with E-state index in [1.165, 1.54) is 29.8 Å². The van der Waals surface area contributed by atoms with Crippen molar-refractivity contribution in [2.24, 2.45) is 0 Å². The number of sulfone groups is 1. The molecule has 0 spiro atoms. The fourth-order valence-corrected chi connectivity index (χ4v) is 4.10. The number of fused-ring (bicyclic) bond motifs is 1. The van der Waals surface area contributed by atoms with Crippen molar-refractivity contribution in [2.75, 3.05) is 5.75 Å². The number of imidazole rings is 1. The molecule has 0 aliphatic carbocycles. The molecule has 0 amide bonds. The normalized spacial score (nSPS) is 11.9. The monoisotopic (exact) mass is 492 g/mol. The molecule has 4 rings (SSSR count). The van der Waals surface area contributed by atoms with Gasteiger partial charge in [0.25, 0.3) is 0 Å². The first-order chi connectivity index (χ1) is 16.0. The number of hydrogen-bond acceptors (Lipinski definition) is 5. The van der Waals surface area contributed by atoms with Gasteiger partial charge in [0.2, 0.25) is 0 Å². The number of halogens is 5. The molecular weight excluding hydrogens is 479 g/mol. The molecular formula is C22H13F5N4O2S. The zero-order chi connectivity index (χ0) is 24.7. The molecule has 12 heteroatoms. The fourth-order valence-electron chi connectivity index (χ4n) is 3.03. The third kappa shape index (κ3) is 4.74. The van der Waals surface area contributed by atoms with E-state index in [2.05, 4.69) is 26.8 Å². The molecule has 4 aromatic rings. The number of alkyl halides is 3. The maximum Gasteiger partial charge on any atom is 0.433 e. The molecule has 0 aliphatic rings. The average molecular weight is 492 g/mol. The smallest absolute Gasteiger partial charge is 0.290 e. The van der Waals surface area contributed by atoms with Crippen LogP contribution in [-0.4, -0.2) is 33.5 Å². The molecule has 174 valence electrons. The van der Waals surface area contributed by atoms with Gasteiger partial charge in [-0.3, -0.25) is 9.38 Å². The van der Waals surface area contributed by atoms with Crippen LogP contribution in [0.3, 0.4) is 0 Å². The van der Waals surface area contributed by atoms with E-state index < -0.39 is 33.3 Å². The molecule has 0 saturated heterocycles. The standard InChI is InChI=1S/C22H13F5N4O2S/c1-2-34(32,33)18-7-14(4-3-13-5-15(23)8-16(24)6-13)10-28-21(18)17-11-31-12-29-19(22(25,26)27)9-20(31)30-17/h5-12H,2H2,1H3. The highest BCUT2D eigenvalue weighted by Gasteiger charge is 2.33. The van der Waals surface area contributed by atoms with Crippen LogP contribution in [0.15, 0.2) is 53.9 Å². The van der Waals surface area contributed by atoms with Crippen LogP contribution in [0.4, 0.5) is 22.0 Å². The molecule has 1 aromatic carbocycles. The molecule has 0 unspecified atom stereocenters. The molecule has 0 aliphatic heterocycles. The van der Waals surface area contributed by atoms with Crippen LogP contribution in [-0.2, 0) is 16.0 Å². The second kappa shape index (κ2) is 8.49. The molecule has 3 aromatic heterocycles. The summed E-state index contributed by atoms with van der Waals surface area (Å²) in [5, 5.41) is 0. The number of aromatic nitrogens is 4. The topological polar surface area (TPSA) is 77.2 Å². The van der Waals surface area contributed by atoms with Gasteiger partial charge < -0.3 is 0 Å². The number of nitrogens with zero attached hydrogens (tertiary/aromatic N) is 4. The van der Waals surface area contributed by atoms with Gasteiger partial charge in [-0.25, -0.2) is 27.2 Å². The highest BCUT2D eigenvalue weighted by Crippen LogP contribution is 2.30. The highest BCUT2D eigenvalue weighted by atomic mass is 32.2. The molecule has 0 bridgehead atoms. The van der Waals surface area contributed by atoms with E-state index in [0.29, 0.717) is 6.07 Å². The Labute approximate surface area is 190 Å². The SMILES string of the molecule is CCS(=O)(=O)c1cc(C#Cc2cc(F)cc(F)c2)cnc1-c1cn2cnc(C(F)(F)F)cc2n1. The lowest BCUT2D eigenvalue weighted by molar-refractivity contribution is -0.141. The first-order valence-electron chi connectivity index (χ1n) is 9.59. The van der Waals surface area contributed by atoms with Gasteiger partial charge in [-0.2, -0.15) is 13.2 Å². The minimum Gasteiger partial charge on any atom is -0.290 e. The van der Waals surface area contributed by atoms with Crippen molar-refractivity contribution < 1.29 is 30.4 Å². The zero-order valence-electron chi connectivity index (χ0n) is 17.2. The summed E-state index contributed by atoms with van der Waals surface area (Å²) in [4.78, 5) is 11.3. The lowest BCUT2D eigenvalue weighted by atomic mass is 10.2. The number of rotatable bonds is 3. The zero-order valence-corrected chi connectivity index (χ0v) is 18.0. The average Bonchev–Trinajstić information content (AvgIpc) is 3.19. The Kier molecular flexibility index (Phi) is 5.82. The Hall–Kier alpha value is -3.85. The van der Waals surface area contributed by atoms with Crippen LogP contribution in [0.5, 0.6) is 0 Å². The fraction of sp³-hybridized carbons (Fsp3) is 0.136. The van der Waals surface area contributed by atoms with E-state index in [1.54, 1.807) is 0 Å². The predicted molar refractivity (Wildman–Crippen MR) is 111 cm³/mol. The quantitative estimate of drug-likeness (QED) is 0.315. The first kappa shape index (κ1) is 23.3. The summed E-state index contributed by atoms with van der Waals surface area (Å²) < 4.78 is 92.2. The summed E-state index contributed by atoms with van der Waals surface area (Å²) >= 11 is 0. The lowest BCUT2D eigenvalue weighted by Crippen LogP contribution is -2.08. The molecule has 34 heavy (non-hydrogen) atoms. The summed E-state index contributed by atoms with van der Waals surface area (Å²) in [6.07, 6.45) is -1.22. The number of hydrogen-bond donors (Lipinski definition) is 0. The maximum atomic E-state index is 13.4. The Morgan fingerprint density at radius 1 is 0.971 bits per heavy atom. The van der Waals surface area contributed by atoms with Crippen molar-refractivity contribution in [3.05, 3.63) is 77.5 Å². The minimum absolute atomic E-state index is 0.0138. The summed E-state index contributed by atoms with van der Waals surface area (Å²) in [5.74, 6) is 3.23. The Bertz CT molecular complexity index is 1560. The van der Waals surface area contributed by atoms with E-state index in [-0.39, 0.29) is 38.8 Å². The third-order valence-corrected chi connectivity index (χ3v) is 6.40. The Morgan fingerprint density at radius 3 is 2.29 bits per heavy atom. The van der Waals surface area contributed by atoms with Gasteiger partial charge >= 0.3 is 6.18 Å². The van der Waals surface area contributed by atoms with Gasteiger partial charge in [0.05, 0.1) is 10.6 Å². The molecule has 0 saturated carbocycles. The van der Waals surface area contributed by atoms with Crippen molar-refractivity contribution in [3.8, 4) is 23.2 Å². The van der Waals surface area contributed by atoms with Crippen LogP contribution in [0.1, 0.15) is 23.7 Å². The number of pyridine rings is 1. The van der Waals surface area contributed by atoms with E-state index in [0.717, 1.165) is 24.5 Å². The van der Waals surface area contributed by atoms with Gasteiger partial charge in [-0.15, -0.1) is 0 Å². The van der Waals surface area contributed by atoms with Crippen molar-refractivity contribution >= 4 is 15.5 Å². The van der Waals surface area contributed by atoms with Crippen molar-refractivity contribution in [1.82, 2.24) is 19.4 Å². The van der Waals surface area contributed by atoms with Gasteiger partial charge in [-0.05, 0) is 18.2 Å². The van der Waals surface area contributed by atoms with Crippen LogP contribution in [0.25, 0.3) is 17.0 Å². The minimum atomic E-state index is -4.67. The summed E-state index contributed by atoms with van der Waals surface area (Å²) in [5.41, 5.74) is -1.14. The van der Waals surface area contributed by atoms with E-state index in [9.17, 15) is 30.4 Å². The van der Waals surface area contributed by atoms with E-state index >= 15 is 0 Å². The van der Waals surface area contributed by atoms with E-state index in [1.807, 2.05) is 0 Å². The summed E-state index contributed by atoms with van der Waals surface area (Å²) in [6.45, 7) is 1.41. The first-order valence-corrected chi connectivity index (χ1v) is 11.2. The second-order valence-corrected chi connectivity index (χ2v) is 9.29. The largest absolute Gasteiger partial charge is 0.433 e. The van der Waals surface area contributed by atoms with Crippen LogP contribution < -0.4 is 0 Å². The summed E-state index contributed by atoms with van der Waals surface area (Å²) in [6, 6.07) is 4.68. The van der Waals surface area contributed by atoms with Crippen LogP contribution >= 0.6 is 0 Å². The van der Waals surface area contributed by atoms with Gasteiger partial charge in [0.15, 0.2) is 9.84 Å². The highest BCUT2D eigenvalue weighted by molar-refractivity contribution is 7.91. The Balaban J connectivity index is 1.82. The second-order valence-electron chi connectivity index (χ2n) is 7.05. The van der Waals surface area contributed by atoms with Crippen molar-refractivity contribution in [3.63, 3.8) is 0 Å². The summed E-state index contributed by atoms with van der Waals surface area (Å²) in [7, 11) is -3.86. The lowest BCUT2D eigenvalue weighted by Gasteiger charge is -2.07. The molecule has 0 radical (unpaired) electrons. The Morgan fingerprint density at radius 2 is 1.65 bits per heavy atom. The van der Waals surface area contributed by atoms with Crippen molar-refractivity contribution in [1.29, 1.82) is 0 Å². The van der Waals surface area contributed by atoms with Gasteiger partial charge in [0, 0.05) is 35.7 Å². The van der Waals surface area contributed by atoms with Crippen LogP contribution in [0.2, 0.25) is 0 Å². The predicted octanol–water partition coefficient (Wildman–Crippen LogP) is 4.28. The molecule has 0 fully saturated rings.